The maximum Gasteiger partial charge on any atom is 0.286 e. The zero-order chi connectivity index (χ0) is 21.8. The minimum atomic E-state index is -0.220. The van der Waals surface area contributed by atoms with Gasteiger partial charge in [-0.2, -0.15) is 0 Å². The molecule has 1 aromatic carbocycles. The number of nitrogens with zero attached hydrogens (tertiary/aromatic N) is 2. The van der Waals surface area contributed by atoms with E-state index in [0.29, 0.717) is 24.1 Å². The van der Waals surface area contributed by atoms with Gasteiger partial charge in [-0.15, -0.1) is 0 Å². The van der Waals surface area contributed by atoms with Crippen molar-refractivity contribution in [2.24, 2.45) is 0 Å². The number of furan rings is 1. The van der Waals surface area contributed by atoms with Gasteiger partial charge in [-0.3, -0.25) is 14.5 Å². The minimum absolute atomic E-state index is 0.000139. The van der Waals surface area contributed by atoms with Gasteiger partial charge in [0.2, 0.25) is 0 Å². The lowest BCUT2D eigenvalue weighted by Crippen LogP contribution is -2.39. The Kier molecular flexibility index (Phi) is 6.61. The second-order valence-electron chi connectivity index (χ2n) is 8.50. The second kappa shape index (κ2) is 9.56. The van der Waals surface area contributed by atoms with Crippen LogP contribution in [0, 0.1) is 6.92 Å². The Labute approximate surface area is 183 Å². The maximum atomic E-state index is 12.4. The predicted molar refractivity (Wildman–Crippen MR) is 118 cm³/mol. The van der Waals surface area contributed by atoms with Gasteiger partial charge in [0.15, 0.2) is 12.4 Å². The van der Waals surface area contributed by atoms with Crippen LogP contribution in [0.1, 0.15) is 54.5 Å². The van der Waals surface area contributed by atoms with Crippen LogP contribution < -0.4 is 15.0 Å². The summed E-state index contributed by atoms with van der Waals surface area (Å²) in [6.45, 7) is 7.30. The quantitative estimate of drug-likeness (QED) is 0.687. The van der Waals surface area contributed by atoms with E-state index >= 15 is 0 Å². The van der Waals surface area contributed by atoms with Gasteiger partial charge in [-0.05, 0) is 69.5 Å². The number of aryl methyl sites for hydroxylation is 1. The molecule has 1 fully saturated rings. The van der Waals surface area contributed by atoms with Crippen LogP contribution in [-0.4, -0.2) is 49.0 Å². The third-order valence-corrected chi connectivity index (χ3v) is 6.11. The molecule has 3 heterocycles. The Morgan fingerprint density at radius 1 is 1.23 bits per heavy atom. The van der Waals surface area contributed by atoms with E-state index in [1.807, 2.05) is 25.1 Å². The number of anilines is 1. The largest absolute Gasteiger partial charge is 0.482 e. The molecule has 0 radical (unpaired) electrons. The molecule has 0 spiro atoms. The molecule has 0 bridgehead atoms. The second-order valence-corrected chi connectivity index (χ2v) is 8.50. The summed E-state index contributed by atoms with van der Waals surface area (Å²) in [4.78, 5) is 29.0. The van der Waals surface area contributed by atoms with Crippen LogP contribution in [0.5, 0.6) is 5.75 Å². The number of likely N-dealkylation sites (tertiary alicyclic amines) is 1. The van der Waals surface area contributed by atoms with E-state index in [4.69, 9.17) is 9.15 Å². The highest BCUT2D eigenvalue weighted by Gasteiger charge is 2.27. The SMILES string of the molecule is Cc1ccc2c(c1)OCC(=O)N2Cc1ccc(C(=O)NCCCN2CCCC[C@@H]2C)o1. The molecule has 4 rings (SSSR count). The third kappa shape index (κ3) is 5.10. The fraction of sp³-hybridized carbons (Fsp3) is 0.500. The maximum absolute atomic E-state index is 12.4. The zero-order valence-corrected chi connectivity index (χ0v) is 18.4. The Bertz CT molecular complexity index is 939. The van der Waals surface area contributed by atoms with Gasteiger partial charge in [0.1, 0.15) is 11.5 Å². The smallest absolute Gasteiger partial charge is 0.286 e. The average Bonchev–Trinajstić information content (AvgIpc) is 3.23. The van der Waals surface area contributed by atoms with Crippen molar-refractivity contribution in [3.63, 3.8) is 0 Å². The first-order valence-electron chi connectivity index (χ1n) is 11.2. The fourth-order valence-electron chi connectivity index (χ4n) is 4.29. The predicted octanol–water partition coefficient (Wildman–Crippen LogP) is 3.51. The average molecular weight is 426 g/mol. The van der Waals surface area contributed by atoms with E-state index in [1.54, 1.807) is 17.0 Å². The number of ether oxygens (including phenoxy) is 1. The fourth-order valence-corrected chi connectivity index (χ4v) is 4.29. The molecule has 2 aromatic rings. The van der Waals surface area contributed by atoms with Crippen molar-refractivity contribution >= 4 is 17.5 Å². The van der Waals surface area contributed by atoms with Gasteiger partial charge in [-0.25, -0.2) is 0 Å². The molecular formula is C24H31N3O4. The van der Waals surface area contributed by atoms with Crippen LogP contribution in [0.2, 0.25) is 0 Å². The summed E-state index contributed by atoms with van der Waals surface area (Å²) in [6.07, 6.45) is 4.76. The summed E-state index contributed by atoms with van der Waals surface area (Å²) in [5.74, 6) is 1.17. The molecule has 1 atom stereocenters. The summed E-state index contributed by atoms with van der Waals surface area (Å²) < 4.78 is 11.3. The molecule has 0 unspecified atom stereocenters. The minimum Gasteiger partial charge on any atom is -0.482 e. The molecule has 1 N–H and O–H groups in total. The standard InChI is InChI=1S/C24H31N3O4/c1-17-7-9-20-22(14-17)30-16-23(28)27(20)15-19-8-10-21(31-19)24(29)25-11-5-13-26-12-4-3-6-18(26)2/h7-10,14,18H,3-6,11-13,15-16H2,1-2H3,(H,25,29)/t18-/m0/s1. The van der Waals surface area contributed by atoms with Gasteiger partial charge in [0, 0.05) is 19.1 Å². The molecule has 7 heteroatoms. The number of piperidine rings is 1. The van der Waals surface area contributed by atoms with Crippen molar-refractivity contribution in [1.29, 1.82) is 0 Å². The van der Waals surface area contributed by atoms with Crippen molar-refractivity contribution in [3.05, 3.63) is 47.4 Å². The Morgan fingerprint density at radius 3 is 2.94 bits per heavy atom. The number of carbonyl (C=O) groups excluding carboxylic acids is 2. The molecule has 1 aromatic heterocycles. The van der Waals surface area contributed by atoms with Gasteiger partial charge in [-0.1, -0.05) is 12.5 Å². The number of fused-ring (bicyclic) bond motifs is 1. The normalized spacial score (nSPS) is 19.1. The first-order chi connectivity index (χ1) is 15.0. The van der Waals surface area contributed by atoms with E-state index in [1.165, 1.54) is 19.3 Å². The molecule has 7 nitrogen and oxygen atoms in total. The Balaban J connectivity index is 1.30. The summed E-state index contributed by atoms with van der Waals surface area (Å²) in [6, 6.07) is 9.79. The summed E-state index contributed by atoms with van der Waals surface area (Å²) in [5.41, 5.74) is 1.79. The molecule has 2 aliphatic heterocycles. The highest BCUT2D eigenvalue weighted by Crippen LogP contribution is 2.34. The number of nitrogens with one attached hydrogen (secondary N) is 1. The monoisotopic (exact) mass is 425 g/mol. The Hall–Kier alpha value is -2.80. The highest BCUT2D eigenvalue weighted by atomic mass is 16.5. The van der Waals surface area contributed by atoms with Gasteiger partial charge < -0.3 is 19.4 Å². The molecule has 1 saturated heterocycles. The summed E-state index contributed by atoms with van der Waals surface area (Å²) >= 11 is 0. The van der Waals surface area contributed by atoms with Crippen molar-refractivity contribution in [1.82, 2.24) is 10.2 Å². The molecule has 2 aliphatic rings. The number of hydrogen-bond donors (Lipinski definition) is 1. The van der Waals surface area contributed by atoms with Crippen molar-refractivity contribution in [3.8, 4) is 5.75 Å². The molecule has 31 heavy (non-hydrogen) atoms. The van der Waals surface area contributed by atoms with Crippen LogP contribution in [0.15, 0.2) is 34.7 Å². The first-order valence-corrected chi connectivity index (χ1v) is 11.2. The third-order valence-electron chi connectivity index (χ3n) is 6.11. The van der Waals surface area contributed by atoms with E-state index in [0.717, 1.165) is 30.8 Å². The number of rotatable bonds is 7. The lowest BCUT2D eigenvalue weighted by atomic mass is 10.0. The highest BCUT2D eigenvalue weighted by molar-refractivity contribution is 5.97. The summed E-state index contributed by atoms with van der Waals surface area (Å²) in [5, 5.41) is 2.94. The van der Waals surface area contributed by atoms with Crippen LogP contribution in [0.3, 0.4) is 0 Å². The van der Waals surface area contributed by atoms with Crippen LogP contribution in [0.25, 0.3) is 0 Å². The number of hydrogen-bond acceptors (Lipinski definition) is 5. The molecule has 0 saturated carbocycles. The molecular weight excluding hydrogens is 394 g/mol. The molecule has 0 aliphatic carbocycles. The molecule has 2 amide bonds. The summed E-state index contributed by atoms with van der Waals surface area (Å²) in [7, 11) is 0. The van der Waals surface area contributed by atoms with Crippen LogP contribution >= 0.6 is 0 Å². The van der Waals surface area contributed by atoms with E-state index < -0.39 is 0 Å². The lowest BCUT2D eigenvalue weighted by molar-refractivity contribution is -0.121. The van der Waals surface area contributed by atoms with E-state index in [-0.39, 0.29) is 30.7 Å². The first kappa shape index (κ1) is 21.4. The lowest BCUT2D eigenvalue weighted by Gasteiger charge is -2.33. The topological polar surface area (TPSA) is 75.0 Å². The number of amides is 2. The van der Waals surface area contributed by atoms with Crippen molar-refractivity contribution in [2.75, 3.05) is 31.1 Å². The zero-order valence-electron chi connectivity index (χ0n) is 18.4. The number of carbonyl (C=O) groups is 2. The van der Waals surface area contributed by atoms with Crippen LogP contribution in [0.4, 0.5) is 5.69 Å². The van der Waals surface area contributed by atoms with Gasteiger partial charge >= 0.3 is 0 Å². The van der Waals surface area contributed by atoms with E-state index in [9.17, 15) is 9.59 Å². The van der Waals surface area contributed by atoms with E-state index in [2.05, 4.69) is 17.1 Å². The van der Waals surface area contributed by atoms with Crippen molar-refractivity contribution in [2.45, 2.75) is 52.1 Å². The number of benzene rings is 1. The van der Waals surface area contributed by atoms with Crippen molar-refractivity contribution < 1.29 is 18.7 Å². The molecule has 166 valence electrons. The van der Waals surface area contributed by atoms with Gasteiger partial charge in [0.25, 0.3) is 11.8 Å². The Morgan fingerprint density at radius 2 is 2.10 bits per heavy atom. The van der Waals surface area contributed by atoms with Crippen LogP contribution in [-0.2, 0) is 11.3 Å². The van der Waals surface area contributed by atoms with Gasteiger partial charge in [0.05, 0.1) is 12.2 Å².